The normalized spacial score (nSPS) is 17.8. The zero-order chi connectivity index (χ0) is 21.3. The van der Waals surface area contributed by atoms with Gasteiger partial charge in [0, 0.05) is 45.9 Å². The molecular formula is C24H35IN4O2S. The molecule has 0 aliphatic carbocycles. The minimum Gasteiger partial charge on any atom is -0.381 e. The Morgan fingerprint density at radius 1 is 1.09 bits per heavy atom. The number of aliphatic imine (C=N–C) groups is 1. The van der Waals surface area contributed by atoms with Crippen molar-refractivity contribution in [3.63, 3.8) is 0 Å². The molecule has 4 rings (SSSR count). The lowest BCUT2D eigenvalue weighted by molar-refractivity contribution is -0.0390. The summed E-state index contributed by atoms with van der Waals surface area (Å²) in [5.74, 6) is 1.01. The van der Waals surface area contributed by atoms with Gasteiger partial charge in [-0.1, -0.05) is 24.3 Å². The Bertz CT molecular complexity index is 802. The SMILES string of the molecule is CCNC(=NCc1ccc(COC2CCOCC2)cc1)N1CCN(c2cccs2)CC1.I. The number of nitrogens with one attached hydrogen (secondary N) is 1. The minimum atomic E-state index is 0. The molecule has 8 heteroatoms. The third-order valence-electron chi connectivity index (χ3n) is 5.82. The van der Waals surface area contributed by atoms with Gasteiger partial charge in [0.25, 0.3) is 0 Å². The highest BCUT2D eigenvalue weighted by molar-refractivity contribution is 14.0. The van der Waals surface area contributed by atoms with Gasteiger partial charge in [-0.05, 0) is 48.4 Å². The molecule has 6 nitrogen and oxygen atoms in total. The summed E-state index contributed by atoms with van der Waals surface area (Å²) in [7, 11) is 0. The van der Waals surface area contributed by atoms with Crippen LogP contribution in [-0.2, 0) is 22.6 Å². The monoisotopic (exact) mass is 570 g/mol. The van der Waals surface area contributed by atoms with E-state index in [4.69, 9.17) is 14.5 Å². The Hall–Kier alpha value is -1.36. The van der Waals surface area contributed by atoms with Crippen molar-refractivity contribution in [2.24, 2.45) is 4.99 Å². The van der Waals surface area contributed by atoms with Gasteiger partial charge >= 0.3 is 0 Å². The predicted octanol–water partition coefficient (Wildman–Crippen LogP) is 4.35. The van der Waals surface area contributed by atoms with Crippen molar-refractivity contribution < 1.29 is 9.47 Å². The van der Waals surface area contributed by atoms with Gasteiger partial charge in [-0.15, -0.1) is 35.3 Å². The number of nitrogens with zero attached hydrogens (tertiary/aromatic N) is 3. The van der Waals surface area contributed by atoms with Crippen molar-refractivity contribution in [2.45, 2.75) is 39.0 Å². The van der Waals surface area contributed by atoms with E-state index in [-0.39, 0.29) is 24.0 Å². The summed E-state index contributed by atoms with van der Waals surface area (Å²) in [5, 5.41) is 6.98. The fraction of sp³-hybridized carbons (Fsp3) is 0.542. The number of thiophene rings is 1. The molecule has 0 bridgehead atoms. The molecule has 1 N–H and O–H groups in total. The third kappa shape index (κ3) is 7.33. The molecule has 176 valence electrons. The average Bonchev–Trinajstić information content (AvgIpc) is 3.37. The number of ether oxygens (including phenoxy) is 2. The number of guanidine groups is 1. The Morgan fingerprint density at radius 3 is 2.47 bits per heavy atom. The lowest BCUT2D eigenvalue weighted by Crippen LogP contribution is -2.52. The Balaban J connectivity index is 0.00000289. The molecule has 3 heterocycles. The van der Waals surface area contributed by atoms with Crippen LogP contribution in [0.15, 0.2) is 46.8 Å². The van der Waals surface area contributed by atoms with E-state index >= 15 is 0 Å². The highest BCUT2D eigenvalue weighted by Gasteiger charge is 2.20. The van der Waals surface area contributed by atoms with Gasteiger partial charge in [-0.25, -0.2) is 4.99 Å². The summed E-state index contributed by atoms with van der Waals surface area (Å²) < 4.78 is 11.4. The standard InChI is InChI=1S/C24H34N4O2S.HI/c1-2-25-24(28-13-11-27(12-14-28)23-4-3-17-31-23)26-18-20-5-7-21(8-6-20)19-30-22-9-15-29-16-10-22;/h3-8,17,22H,2,9-16,18-19H2,1H3,(H,25,26);1H. The van der Waals surface area contributed by atoms with Crippen molar-refractivity contribution in [3.8, 4) is 0 Å². The second kappa shape index (κ2) is 13.4. The number of anilines is 1. The summed E-state index contributed by atoms with van der Waals surface area (Å²) in [6.07, 6.45) is 2.34. The van der Waals surface area contributed by atoms with E-state index in [2.05, 4.69) is 63.8 Å². The number of piperazine rings is 1. The van der Waals surface area contributed by atoms with E-state index in [0.717, 1.165) is 64.7 Å². The van der Waals surface area contributed by atoms with Gasteiger partial charge in [0.1, 0.15) is 0 Å². The van der Waals surface area contributed by atoms with Crippen LogP contribution in [0.5, 0.6) is 0 Å². The predicted molar refractivity (Wildman–Crippen MR) is 143 cm³/mol. The van der Waals surface area contributed by atoms with Crippen LogP contribution < -0.4 is 10.2 Å². The maximum atomic E-state index is 6.03. The van der Waals surface area contributed by atoms with Crippen LogP contribution in [0.1, 0.15) is 30.9 Å². The molecule has 0 atom stereocenters. The molecule has 0 unspecified atom stereocenters. The first-order valence-electron chi connectivity index (χ1n) is 11.4. The van der Waals surface area contributed by atoms with E-state index < -0.39 is 0 Å². The Morgan fingerprint density at radius 2 is 1.81 bits per heavy atom. The van der Waals surface area contributed by atoms with Crippen LogP contribution >= 0.6 is 35.3 Å². The van der Waals surface area contributed by atoms with Crippen molar-refractivity contribution in [1.82, 2.24) is 10.2 Å². The summed E-state index contributed by atoms with van der Waals surface area (Å²) in [5.41, 5.74) is 2.44. The molecule has 0 spiro atoms. The highest BCUT2D eigenvalue weighted by atomic mass is 127. The van der Waals surface area contributed by atoms with Gasteiger partial charge in [0.05, 0.1) is 24.3 Å². The molecule has 1 aromatic carbocycles. The molecule has 2 aliphatic rings. The third-order valence-corrected chi connectivity index (χ3v) is 6.75. The van der Waals surface area contributed by atoms with Crippen LogP contribution in [0.25, 0.3) is 0 Å². The van der Waals surface area contributed by atoms with Crippen molar-refractivity contribution in [1.29, 1.82) is 0 Å². The fourth-order valence-corrected chi connectivity index (χ4v) is 4.76. The van der Waals surface area contributed by atoms with E-state index in [1.165, 1.54) is 16.1 Å². The zero-order valence-electron chi connectivity index (χ0n) is 18.9. The summed E-state index contributed by atoms with van der Waals surface area (Å²) in [6, 6.07) is 13.0. The van der Waals surface area contributed by atoms with Gasteiger partial charge in [-0.3, -0.25) is 0 Å². The summed E-state index contributed by atoms with van der Waals surface area (Å²) in [4.78, 5) is 9.76. The van der Waals surface area contributed by atoms with Crippen molar-refractivity contribution >= 4 is 46.3 Å². The number of hydrogen-bond acceptors (Lipinski definition) is 5. The molecule has 0 amide bonds. The molecule has 2 saturated heterocycles. The lowest BCUT2D eigenvalue weighted by Gasteiger charge is -2.37. The van der Waals surface area contributed by atoms with Gasteiger partial charge in [0.2, 0.25) is 0 Å². The average molecular weight is 571 g/mol. The quantitative estimate of drug-likeness (QED) is 0.305. The van der Waals surface area contributed by atoms with Crippen LogP contribution in [0.3, 0.4) is 0 Å². The van der Waals surface area contributed by atoms with Gasteiger partial charge < -0.3 is 24.6 Å². The number of benzene rings is 1. The molecule has 2 aromatic rings. The summed E-state index contributed by atoms with van der Waals surface area (Å²) >= 11 is 1.82. The topological polar surface area (TPSA) is 49.3 Å². The number of halogens is 1. The smallest absolute Gasteiger partial charge is 0.194 e. The molecule has 1 aromatic heterocycles. The van der Waals surface area contributed by atoms with E-state index in [9.17, 15) is 0 Å². The summed E-state index contributed by atoms with van der Waals surface area (Å²) in [6.45, 7) is 10.1. The molecule has 2 fully saturated rings. The molecule has 0 saturated carbocycles. The first-order chi connectivity index (χ1) is 15.3. The van der Waals surface area contributed by atoms with Crippen LogP contribution in [0.4, 0.5) is 5.00 Å². The molecule has 2 aliphatic heterocycles. The zero-order valence-corrected chi connectivity index (χ0v) is 22.0. The van der Waals surface area contributed by atoms with Crippen LogP contribution in [-0.4, -0.2) is 62.9 Å². The fourth-order valence-electron chi connectivity index (χ4n) is 3.98. The Kier molecular flexibility index (Phi) is 10.6. The molecule has 32 heavy (non-hydrogen) atoms. The first kappa shape index (κ1) is 25.3. The molecular weight excluding hydrogens is 535 g/mol. The largest absolute Gasteiger partial charge is 0.381 e. The minimum absolute atomic E-state index is 0. The van der Waals surface area contributed by atoms with E-state index in [0.29, 0.717) is 19.3 Å². The second-order valence-electron chi connectivity index (χ2n) is 8.03. The molecule has 0 radical (unpaired) electrons. The number of rotatable bonds is 7. The number of hydrogen-bond donors (Lipinski definition) is 1. The second-order valence-corrected chi connectivity index (χ2v) is 8.96. The van der Waals surface area contributed by atoms with E-state index in [1.54, 1.807) is 0 Å². The maximum absolute atomic E-state index is 6.03. The maximum Gasteiger partial charge on any atom is 0.194 e. The lowest BCUT2D eigenvalue weighted by atomic mass is 10.1. The van der Waals surface area contributed by atoms with Crippen molar-refractivity contribution in [2.75, 3.05) is 50.8 Å². The Labute approximate surface area is 213 Å². The first-order valence-corrected chi connectivity index (χ1v) is 12.3. The van der Waals surface area contributed by atoms with Gasteiger partial charge in [0.15, 0.2) is 5.96 Å². The van der Waals surface area contributed by atoms with Crippen LogP contribution in [0.2, 0.25) is 0 Å². The van der Waals surface area contributed by atoms with E-state index in [1.807, 2.05) is 11.3 Å². The van der Waals surface area contributed by atoms with Crippen LogP contribution in [0, 0.1) is 0 Å². The highest BCUT2D eigenvalue weighted by Crippen LogP contribution is 2.22. The van der Waals surface area contributed by atoms with Crippen molar-refractivity contribution in [3.05, 3.63) is 52.9 Å². The van der Waals surface area contributed by atoms with Gasteiger partial charge in [-0.2, -0.15) is 0 Å².